The minimum Gasteiger partial charge on any atom is -0.487 e. The predicted molar refractivity (Wildman–Crippen MR) is 77.5 cm³/mol. The molecule has 3 rings (SSSR count). The molecule has 0 spiro atoms. The zero-order valence-corrected chi connectivity index (χ0v) is 12.4. The van der Waals surface area contributed by atoms with E-state index < -0.39 is 0 Å². The number of para-hydroxylation sites is 1. The summed E-state index contributed by atoms with van der Waals surface area (Å²) in [6.07, 6.45) is 3.97. The molecule has 2 heterocycles. The monoisotopic (exact) mass is 286 g/mol. The van der Waals surface area contributed by atoms with Crippen molar-refractivity contribution in [1.29, 1.82) is 0 Å². The third-order valence-electron chi connectivity index (χ3n) is 3.75. The quantitative estimate of drug-likeness (QED) is 0.797. The Balaban J connectivity index is 2.10. The molecular weight excluding hydrogens is 268 g/mol. The van der Waals surface area contributed by atoms with E-state index in [4.69, 9.17) is 9.47 Å². The summed E-state index contributed by atoms with van der Waals surface area (Å²) in [5.74, 6) is 0.470. The zero-order valence-electron chi connectivity index (χ0n) is 12.4. The lowest BCUT2D eigenvalue weighted by Crippen LogP contribution is -2.37. The first kappa shape index (κ1) is 13.7. The van der Waals surface area contributed by atoms with Gasteiger partial charge in [0.2, 0.25) is 0 Å². The van der Waals surface area contributed by atoms with Gasteiger partial charge in [-0.15, -0.1) is 0 Å². The van der Waals surface area contributed by atoms with E-state index >= 15 is 0 Å². The van der Waals surface area contributed by atoms with Gasteiger partial charge < -0.3 is 14.0 Å². The van der Waals surface area contributed by atoms with Crippen LogP contribution in [0.1, 0.15) is 42.4 Å². The maximum Gasteiger partial charge on any atom is 0.356 e. The molecule has 1 aliphatic heterocycles. The van der Waals surface area contributed by atoms with Gasteiger partial charge in [-0.05, 0) is 19.9 Å². The summed E-state index contributed by atoms with van der Waals surface area (Å²) in [6, 6.07) is 7.91. The Labute approximate surface area is 123 Å². The Morgan fingerprint density at radius 1 is 1.43 bits per heavy atom. The summed E-state index contributed by atoms with van der Waals surface area (Å²) in [5.41, 5.74) is 1.20. The van der Waals surface area contributed by atoms with E-state index in [1.807, 2.05) is 42.7 Å². The van der Waals surface area contributed by atoms with Crippen molar-refractivity contribution in [1.82, 2.24) is 9.55 Å². The van der Waals surface area contributed by atoms with Crippen LogP contribution < -0.4 is 4.74 Å². The normalized spacial score (nSPS) is 19.5. The Morgan fingerprint density at radius 3 is 2.95 bits per heavy atom. The molecule has 2 aromatic rings. The van der Waals surface area contributed by atoms with Crippen LogP contribution in [-0.2, 0) is 4.74 Å². The standard InChI is InChI=1S/C16H18N2O3/c1-16(2)8-12(11-6-4-5-7-14(11)21-16)18-10-17-9-13(18)15(19)20-3/h4-7,9-10,12H,8H2,1-3H3. The summed E-state index contributed by atoms with van der Waals surface area (Å²) in [5, 5.41) is 0. The third-order valence-corrected chi connectivity index (χ3v) is 3.75. The highest BCUT2D eigenvalue weighted by atomic mass is 16.5. The average molecular weight is 286 g/mol. The summed E-state index contributed by atoms with van der Waals surface area (Å²) in [7, 11) is 1.38. The number of fused-ring (bicyclic) bond motifs is 1. The molecule has 0 fully saturated rings. The van der Waals surface area contributed by atoms with Crippen LogP contribution in [0.3, 0.4) is 0 Å². The van der Waals surface area contributed by atoms with Gasteiger partial charge in [0.1, 0.15) is 17.0 Å². The van der Waals surface area contributed by atoms with Crippen LogP contribution in [0.5, 0.6) is 5.75 Å². The molecule has 0 N–H and O–H groups in total. The van der Waals surface area contributed by atoms with Crippen LogP contribution in [0, 0.1) is 0 Å². The van der Waals surface area contributed by atoms with Crippen molar-refractivity contribution in [3.63, 3.8) is 0 Å². The van der Waals surface area contributed by atoms with Crippen LogP contribution >= 0.6 is 0 Å². The van der Waals surface area contributed by atoms with Crippen LogP contribution in [0.4, 0.5) is 0 Å². The van der Waals surface area contributed by atoms with E-state index in [1.54, 1.807) is 6.33 Å². The van der Waals surface area contributed by atoms with E-state index in [0.29, 0.717) is 5.69 Å². The number of benzene rings is 1. The fraction of sp³-hybridized carbons (Fsp3) is 0.375. The predicted octanol–water partition coefficient (Wildman–Crippen LogP) is 2.82. The number of esters is 1. The largest absolute Gasteiger partial charge is 0.487 e. The van der Waals surface area contributed by atoms with E-state index in [-0.39, 0.29) is 17.6 Å². The van der Waals surface area contributed by atoms with E-state index in [0.717, 1.165) is 17.7 Å². The highest BCUT2D eigenvalue weighted by molar-refractivity contribution is 5.87. The summed E-state index contributed by atoms with van der Waals surface area (Å²) >= 11 is 0. The maximum absolute atomic E-state index is 11.9. The maximum atomic E-state index is 11.9. The van der Waals surface area contributed by atoms with Gasteiger partial charge in [-0.3, -0.25) is 0 Å². The SMILES string of the molecule is COC(=O)c1cncn1C1CC(C)(C)Oc2ccccc21. The Morgan fingerprint density at radius 2 is 2.19 bits per heavy atom. The molecule has 1 aliphatic rings. The van der Waals surface area contributed by atoms with Crippen molar-refractivity contribution in [3.05, 3.63) is 48.0 Å². The number of carbonyl (C=O) groups excluding carboxylic acids is 1. The van der Waals surface area contributed by atoms with Gasteiger partial charge in [0.25, 0.3) is 0 Å². The number of hydrogen-bond donors (Lipinski definition) is 0. The van der Waals surface area contributed by atoms with Crippen molar-refractivity contribution in [2.24, 2.45) is 0 Å². The van der Waals surface area contributed by atoms with Gasteiger partial charge in [-0.25, -0.2) is 9.78 Å². The van der Waals surface area contributed by atoms with E-state index in [2.05, 4.69) is 4.98 Å². The lowest BCUT2D eigenvalue weighted by Gasteiger charge is -2.38. The molecule has 0 amide bonds. The number of rotatable bonds is 2. The smallest absolute Gasteiger partial charge is 0.356 e. The molecule has 1 aromatic heterocycles. The molecule has 1 unspecified atom stereocenters. The van der Waals surface area contributed by atoms with Gasteiger partial charge in [0.05, 0.1) is 25.7 Å². The number of hydrogen-bond acceptors (Lipinski definition) is 4. The highest BCUT2D eigenvalue weighted by Crippen LogP contribution is 2.41. The number of ether oxygens (including phenoxy) is 2. The van der Waals surface area contributed by atoms with Crippen molar-refractivity contribution in [3.8, 4) is 5.75 Å². The molecule has 5 nitrogen and oxygen atoms in total. The average Bonchev–Trinajstić information content (AvgIpc) is 2.93. The minimum atomic E-state index is -0.380. The van der Waals surface area contributed by atoms with Gasteiger partial charge in [0, 0.05) is 12.0 Å². The van der Waals surface area contributed by atoms with E-state index in [1.165, 1.54) is 13.3 Å². The van der Waals surface area contributed by atoms with E-state index in [9.17, 15) is 4.79 Å². The molecule has 21 heavy (non-hydrogen) atoms. The minimum absolute atomic E-state index is 0.00144. The van der Waals surface area contributed by atoms with Crippen molar-refractivity contribution >= 4 is 5.97 Å². The number of carbonyl (C=O) groups is 1. The first-order valence-corrected chi connectivity index (χ1v) is 6.90. The van der Waals surface area contributed by atoms with Gasteiger partial charge in [0.15, 0.2) is 0 Å². The second-order valence-corrected chi connectivity index (χ2v) is 5.80. The third kappa shape index (κ3) is 2.39. The molecule has 0 saturated heterocycles. The topological polar surface area (TPSA) is 53.3 Å². The molecular formula is C16H18N2O3. The van der Waals surface area contributed by atoms with Crippen molar-refractivity contribution < 1.29 is 14.3 Å². The van der Waals surface area contributed by atoms with Crippen LogP contribution in [0.15, 0.2) is 36.8 Å². The van der Waals surface area contributed by atoms with Gasteiger partial charge >= 0.3 is 5.97 Å². The number of imidazole rings is 1. The lowest BCUT2D eigenvalue weighted by molar-refractivity contribution is 0.0547. The first-order chi connectivity index (χ1) is 10.0. The molecule has 1 aromatic carbocycles. The fourth-order valence-electron chi connectivity index (χ4n) is 2.83. The molecule has 110 valence electrons. The summed E-state index contributed by atoms with van der Waals surface area (Å²) < 4.78 is 12.7. The first-order valence-electron chi connectivity index (χ1n) is 6.90. The molecule has 0 bridgehead atoms. The van der Waals surface area contributed by atoms with Crippen LogP contribution in [-0.4, -0.2) is 28.2 Å². The second-order valence-electron chi connectivity index (χ2n) is 5.80. The van der Waals surface area contributed by atoms with Crippen LogP contribution in [0.2, 0.25) is 0 Å². The Kier molecular flexibility index (Phi) is 3.20. The molecule has 0 radical (unpaired) electrons. The van der Waals surface area contributed by atoms with Crippen LogP contribution in [0.25, 0.3) is 0 Å². The number of methoxy groups -OCH3 is 1. The summed E-state index contributed by atoms with van der Waals surface area (Å²) in [6.45, 7) is 4.09. The Hall–Kier alpha value is -2.30. The molecule has 0 saturated carbocycles. The van der Waals surface area contributed by atoms with Crippen molar-refractivity contribution in [2.45, 2.75) is 31.9 Å². The molecule has 1 atom stereocenters. The fourth-order valence-corrected chi connectivity index (χ4v) is 2.83. The van der Waals surface area contributed by atoms with Gasteiger partial charge in [-0.2, -0.15) is 0 Å². The number of nitrogens with zero attached hydrogens (tertiary/aromatic N) is 2. The van der Waals surface area contributed by atoms with Gasteiger partial charge in [-0.1, -0.05) is 18.2 Å². The highest BCUT2D eigenvalue weighted by Gasteiger charge is 2.35. The Bertz CT molecular complexity index is 676. The molecule has 0 aliphatic carbocycles. The zero-order chi connectivity index (χ0) is 15.0. The molecule has 5 heteroatoms. The summed E-state index contributed by atoms with van der Waals surface area (Å²) in [4.78, 5) is 16.0. The second kappa shape index (κ2) is 4.91. The number of aromatic nitrogens is 2. The lowest BCUT2D eigenvalue weighted by atomic mass is 9.89. The van der Waals surface area contributed by atoms with Crippen molar-refractivity contribution in [2.75, 3.05) is 7.11 Å².